The van der Waals surface area contributed by atoms with Gasteiger partial charge in [-0.25, -0.2) is 0 Å². The normalized spacial score (nSPS) is 15.7. The van der Waals surface area contributed by atoms with Crippen molar-refractivity contribution in [1.29, 1.82) is 0 Å². The van der Waals surface area contributed by atoms with Crippen molar-refractivity contribution in [2.45, 2.75) is 43.9 Å². The second-order valence-electron chi connectivity index (χ2n) is 6.73. The van der Waals surface area contributed by atoms with Gasteiger partial charge in [0.15, 0.2) is 0 Å². The van der Waals surface area contributed by atoms with Crippen molar-refractivity contribution in [2.24, 2.45) is 0 Å². The maximum Gasteiger partial charge on any atom is 0.230 e. The first-order valence-corrected chi connectivity index (χ1v) is 9.06. The Balaban J connectivity index is 1.60. The predicted octanol–water partition coefficient (Wildman–Crippen LogP) is 3.65. The minimum Gasteiger partial charge on any atom is -0.497 e. The van der Waals surface area contributed by atoms with Crippen molar-refractivity contribution in [2.75, 3.05) is 13.7 Å². The number of hydrogen-bond acceptors (Lipinski definition) is 3. The summed E-state index contributed by atoms with van der Waals surface area (Å²) in [5.41, 5.74) is 2.00. The maximum atomic E-state index is 13.0. The number of hydrogen-bond donors (Lipinski definition) is 1. The van der Waals surface area contributed by atoms with Gasteiger partial charge in [0.25, 0.3) is 0 Å². The largest absolute Gasteiger partial charge is 0.497 e. The van der Waals surface area contributed by atoms with Crippen LogP contribution in [0.3, 0.4) is 0 Å². The van der Waals surface area contributed by atoms with Crippen LogP contribution in [0.25, 0.3) is 0 Å². The van der Waals surface area contributed by atoms with E-state index in [0.29, 0.717) is 6.54 Å². The molecular formula is C21H26N2O2. The van der Waals surface area contributed by atoms with Crippen LogP contribution in [0.15, 0.2) is 48.8 Å². The van der Waals surface area contributed by atoms with Gasteiger partial charge in [-0.1, -0.05) is 25.0 Å². The van der Waals surface area contributed by atoms with Crippen molar-refractivity contribution in [3.8, 4) is 5.75 Å². The molecule has 25 heavy (non-hydrogen) atoms. The second-order valence-corrected chi connectivity index (χ2v) is 6.73. The zero-order valence-corrected chi connectivity index (χ0v) is 14.8. The quantitative estimate of drug-likeness (QED) is 0.784. The Morgan fingerprint density at radius 3 is 2.44 bits per heavy atom. The lowest BCUT2D eigenvalue weighted by atomic mass is 9.78. The summed E-state index contributed by atoms with van der Waals surface area (Å²) in [5.74, 6) is 1.000. The summed E-state index contributed by atoms with van der Waals surface area (Å²) in [7, 11) is 1.66. The topological polar surface area (TPSA) is 51.2 Å². The third-order valence-electron chi connectivity index (χ3n) is 5.21. The Bertz CT molecular complexity index is 677. The standard InChI is InChI=1S/C21H26N2O2/c1-25-19-8-6-18(7-9-19)21(12-2-3-13-21)20(24)23-14-4-5-17-10-15-22-16-11-17/h6-11,15-16H,2-5,12-14H2,1H3,(H,23,24). The van der Waals surface area contributed by atoms with E-state index in [0.717, 1.165) is 49.8 Å². The van der Waals surface area contributed by atoms with Gasteiger partial charge in [-0.2, -0.15) is 0 Å². The fraction of sp³-hybridized carbons (Fsp3) is 0.429. The highest BCUT2D eigenvalue weighted by atomic mass is 16.5. The summed E-state index contributed by atoms with van der Waals surface area (Å²) in [6.45, 7) is 0.707. The summed E-state index contributed by atoms with van der Waals surface area (Å²) in [6.07, 6.45) is 9.58. The van der Waals surface area contributed by atoms with E-state index in [1.54, 1.807) is 7.11 Å². The fourth-order valence-corrected chi connectivity index (χ4v) is 3.75. The number of nitrogens with one attached hydrogen (secondary N) is 1. The van der Waals surface area contributed by atoms with Crippen molar-refractivity contribution < 1.29 is 9.53 Å². The first-order chi connectivity index (χ1) is 12.2. The Morgan fingerprint density at radius 2 is 1.80 bits per heavy atom. The molecule has 1 amide bonds. The lowest BCUT2D eigenvalue weighted by molar-refractivity contribution is -0.126. The number of aryl methyl sites for hydroxylation is 1. The molecular weight excluding hydrogens is 312 g/mol. The number of aromatic nitrogens is 1. The Labute approximate surface area is 149 Å². The first kappa shape index (κ1) is 17.5. The van der Waals surface area contributed by atoms with Gasteiger partial charge in [-0.05, 0) is 61.1 Å². The second kappa shape index (κ2) is 8.15. The Kier molecular flexibility index (Phi) is 5.69. The summed E-state index contributed by atoms with van der Waals surface area (Å²) in [5, 5.41) is 3.18. The van der Waals surface area contributed by atoms with Crippen LogP contribution in [-0.2, 0) is 16.6 Å². The minimum absolute atomic E-state index is 0.171. The number of methoxy groups -OCH3 is 1. The molecule has 0 unspecified atom stereocenters. The molecule has 0 spiro atoms. The molecule has 1 aliphatic carbocycles. The average Bonchev–Trinajstić information content (AvgIpc) is 3.17. The summed E-state index contributed by atoms with van der Waals surface area (Å²) >= 11 is 0. The van der Waals surface area contributed by atoms with Crippen LogP contribution in [0, 0.1) is 0 Å². The van der Waals surface area contributed by atoms with E-state index in [1.165, 1.54) is 5.56 Å². The average molecular weight is 338 g/mol. The molecule has 0 radical (unpaired) electrons. The van der Waals surface area contributed by atoms with Gasteiger partial charge in [-0.3, -0.25) is 9.78 Å². The number of carbonyl (C=O) groups is 1. The minimum atomic E-state index is -0.372. The molecule has 0 saturated heterocycles. The number of carbonyl (C=O) groups excluding carboxylic acids is 1. The molecule has 1 saturated carbocycles. The van der Waals surface area contributed by atoms with E-state index in [1.807, 2.05) is 48.8 Å². The van der Waals surface area contributed by atoms with Crippen molar-refractivity contribution in [3.63, 3.8) is 0 Å². The van der Waals surface area contributed by atoms with Gasteiger partial charge in [0.05, 0.1) is 12.5 Å². The van der Waals surface area contributed by atoms with E-state index in [9.17, 15) is 4.79 Å². The highest BCUT2D eigenvalue weighted by molar-refractivity contribution is 5.88. The highest BCUT2D eigenvalue weighted by Gasteiger charge is 2.42. The molecule has 0 atom stereocenters. The lowest BCUT2D eigenvalue weighted by Gasteiger charge is -2.28. The third kappa shape index (κ3) is 4.01. The predicted molar refractivity (Wildman–Crippen MR) is 98.7 cm³/mol. The van der Waals surface area contributed by atoms with Crippen LogP contribution >= 0.6 is 0 Å². The molecule has 4 nitrogen and oxygen atoms in total. The molecule has 1 aromatic heterocycles. The van der Waals surface area contributed by atoms with Crippen LogP contribution in [0.4, 0.5) is 0 Å². The zero-order chi connectivity index (χ0) is 17.5. The SMILES string of the molecule is COc1ccc(C2(C(=O)NCCCc3ccncc3)CCCC2)cc1. The van der Waals surface area contributed by atoms with Gasteiger partial charge in [0, 0.05) is 18.9 Å². The molecule has 1 heterocycles. The monoisotopic (exact) mass is 338 g/mol. The van der Waals surface area contributed by atoms with Crippen molar-refractivity contribution in [3.05, 3.63) is 59.9 Å². The van der Waals surface area contributed by atoms with Gasteiger partial charge < -0.3 is 10.1 Å². The van der Waals surface area contributed by atoms with Crippen LogP contribution in [0.2, 0.25) is 0 Å². The van der Waals surface area contributed by atoms with Crippen LogP contribution in [0.1, 0.15) is 43.2 Å². The van der Waals surface area contributed by atoms with Crippen LogP contribution in [-0.4, -0.2) is 24.5 Å². The number of nitrogens with zero attached hydrogens (tertiary/aromatic N) is 1. The van der Waals surface area contributed by atoms with E-state index < -0.39 is 0 Å². The van der Waals surface area contributed by atoms with Crippen LogP contribution in [0.5, 0.6) is 5.75 Å². The first-order valence-electron chi connectivity index (χ1n) is 9.06. The number of rotatable bonds is 7. The molecule has 132 valence electrons. The van der Waals surface area contributed by atoms with Crippen molar-refractivity contribution in [1.82, 2.24) is 10.3 Å². The maximum absolute atomic E-state index is 13.0. The summed E-state index contributed by atoms with van der Waals surface area (Å²) < 4.78 is 5.24. The van der Waals surface area contributed by atoms with E-state index in [-0.39, 0.29) is 11.3 Å². The van der Waals surface area contributed by atoms with Gasteiger partial charge >= 0.3 is 0 Å². The lowest BCUT2D eigenvalue weighted by Crippen LogP contribution is -2.43. The van der Waals surface area contributed by atoms with Gasteiger partial charge in [0.2, 0.25) is 5.91 Å². The molecule has 1 aliphatic rings. The number of benzene rings is 1. The van der Waals surface area contributed by atoms with E-state index in [2.05, 4.69) is 10.3 Å². The number of ether oxygens (including phenoxy) is 1. The molecule has 3 rings (SSSR count). The third-order valence-corrected chi connectivity index (χ3v) is 5.21. The Morgan fingerprint density at radius 1 is 1.12 bits per heavy atom. The highest BCUT2D eigenvalue weighted by Crippen LogP contribution is 2.41. The number of amides is 1. The van der Waals surface area contributed by atoms with Crippen molar-refractivity contribution >= 4 is 5.91 Å². The Hall–Kier alpha value is -2.36. The van der Waals surface area contributed by atoms with Crippen LogP contribution < -0.4 is 10.1 Å². The fourth-order valence-electron chi connectivity index (χ4n) is 3.75. The summed E-state index contributed by atoms with van der Waals surface area (Å²) in [6, 6.07) is 12.0. The van der Waals surface area contributed by atoms with Gasteiger partial charge in [-0.15, -0.1) is 0 Å². The molecule has 1 aromatic carbocycles. The molecule has 4 heteroatoms. The smallest absolute Gasteiger partial charge is 0.230 e. The molecule has 1 fully saturated rings. The number of pyridine rings is 1. The molecule has 2 aromatic rings. The van der Waals surface area contributed by atoms with E-state index >= 15 is 0 Å². The zero-order valence-electron chi connectivity index (χ0n) is 14.8. The molecule has 1 N–H and O–H groups in total. The molecule has 0 aliphatic heterocycles. The van der Waals surface area contributed by atoms with E-state index in [4.69, 9.17) is 4.74 Å². The molecule has 0 bridgehead atoms. The summed E-state index contributed by atoms with van der Waals surface area (Å²) in [4.78, 5) is 17.0. The van der Waals surface area contributed by atoms with Gasteiger partial charge in [0.1, 0.15) is 5.75 Å².